The minimum Gasteiger partial charge on any atom is -0.430 e. The van der Waals surface area contributed by atoms with Gasteiger partial charge in [-0.25, -0.2) is 9.68 Å². The Labute approximate surface area is 83.5 Å². The fraction of sp³-hybridized carbons (Fsp3) is 0.667. The largest absolute Gasteiger partial charge is 0.510 e. The summed E-state index contributed by atoms with van der Waals surface area (Å²) in [5.41, 5.74) is -0.436. The molecule has 0 radical (unpaired) electrons. The number of rotatable bonds is 5. The van der Waals surface area contributed by atoms with Gasteiger partial charge in [0.1, 0.15) is 6.61 Å². The van der Waals surface area contributed by atoms with Gasteiger partial charge in [-0.3, -0.25) is 0 Å². The SMILES string of the molecule is C=CCOC(=O)OCOOC(C)(C)C. The Bertz CT molecular complexity index is 182. The quantitative estimate of drug-likeness (QED) is 0.171. The molecule has 5 nitrogen and oxygen atoms in total. The monoisotopic (exact) mass is 204 g/mol. The van der Waals surface area contributed by atoms with Crippen LogP contribution in [0.25, 0.3) is 0 Å². The molecule has 0 aromatic carbocycles. The third kappa shape index (κ3) is 9.02. The van der Waals surface area contributed by atoms with Gasteiger partial charge >= 0.3 is 6.16 Å². The smallest absolute Gasteiger partial charge is 0.430 e. The Morgan fingerprint density at radius 1 is 1.36 bits per heavy atom. The minimum atomic E-state index is -0.817. The van der Waals surface area contributed by atoms with E-state index >= 15 is 0 Å². The molecule has 0 saturated heterocycles. The summed E-state index contributed by atoms with van der Waals surface area (Å²) in [5, 5.41) is 0. The molecule has 0 aromatic rings. The zero-order valence-electron chi connectivity index (χ0n) is 8.74. The molecular weight excluding hydrogens is 188 g/mol. The first-order valence-corrected chi connectivity index (χ1v) is 4.17. The summed E-state index contributed by atoms with van der Waals surface area (Å²) in [6.45, 7) is 8.61. The van der Waals surface area contributed by atoms with E-state index in [1.54, 1.807) is 0 Å². The van der Waals surface area contributed by atoms with Crippen LogP contribution in [0.15, 0.2) is 12.7 Å². The second kappa shape index (κ2) is 6.39. The van der Waals surface area contributed by atoms with Crippen LogP contribution in [0.3, 0.4) is 0 Å². The summed E-state index contributed by atoms with van der Waals surface area (Å²) < 4.78 is 8.99. The molecule has 0 heterocycles. The van der Waals surface area contributed by atoms with Gasteiger partial charge in [-0.05, 0) is 20.8 Å². The van der Waals surface area contributed by atoms with Crippen LogP contribution < -0.4 is 0 Å². The Kier molecular flexibility index (Phi) is 5.91. The zero-order valence-corrected chi connectivity index (χ0v) is 8.74. The number of ether oxygens (including phenoxy) is 2. The molecule has 14 heavy (non-hydrogen) atoms. The van der Waals surface area contributed by atoms with Crippen molar-refractivity contribution in [2.24, 2.45) is 0 Å². The van der Waals surface area contributed by atoms with Crippen molar-refractivity contribution in [2.45, 2.75) is 26.4 Å². The van der Waals surface area contributed by atoms with Crippen molar-refractivity contribution >= 4 is 6.16 Å². The van der Waals surface area contributed by atoms with Crippen molar-refractivity contribution in [3.05, 3.63) is 12.7 Å². The average molecular weight is 204 g/mol. The lowest BCUT2D eigenvalue weighted by molar-refractivity contribution is -0.375. The summed E-state index contributed by atoms with van der Waals surface area (Å²) in [6, 6.07) is 0. The second-order valence-corrected chi connectivity index (χ2v) is 3.43. The third-order valence-electron chi connectivity index (χ3n) is 0.853. The lowest BCUT2D eigenvalue weighted by Crippen LogP contribution is -2.21. The molecule has 0 unspecified atom stereocenters. The molecular formula is C9H16O5. The summed E-state index contributed by atoms with van der Waals surface area (Å²) in [5.74, 6) is 0. The van der Waals surface area contributed by atoms with Crippen molar-refractivity contribution in [3.63, 3.8) is 0 Å². The fourth-order valence-electron chi connectivity index (χ4n) is 0.442. The lowest BCUT2D eigenvalue weighted by atomic mass is 10.2. The molecule has 5 heteroatoms. The molecule has 0 aromatic heterocycles. The van der Waals surface area contributed by atoms with Crippen LogP contribution in [0, 0.1) is 0 Å². The number of hydrogen-bond acceptors (Lipinski definition) is 5. The Hall–Kier alpha value is -1.07. The Morgan fingerprint density at radius 2 is 2.00 bits per heavy atom. The van der Waals surface area contributed by atoms with Gasteiger partial charge in [0.2, 0.25) is 6.79 Å². The number of hydrogen-bond donors (Lipinski definition) is 0. The van der Waals surface area contributed by atoms with Crippen LogP contribution in [-0.4, -0.2) is 25.2 Å². The van der Waals surface area contributed by atoms with E-state index < -0.39 is 11.8 Å². The summed E-state index contributed by atoms with van der Waals surface area (Å²) in [7, 11) is 0. The van der Waals surface area contributed by atoms with Crippen LogP contribution in [0.5, 0.6) is 0 Å². The van der Waals surface area contributed by atoms with Crippen LogP contribution >= 0.6 is 0 Å². The predicted molar refractivity (Wildman–Crippen MR) is 49.4 cm³/mol. The van der Waals surface area contributed by atoms with Crippen LogP contribution in [0.1, 0.15) is 20.8 Å². The van der Waals surface area contributed by atoms with E-state index in [1.165, 1.54) is 6.08 Å². The van der Waals surface area contributed by atoms with Crippen LogP contribution in [0.2, 0.25) is 0 Å². The third-order valence-corrected chi connectivity index (χ3v) is 0.853. The molecule has 0 atom stereocenters. The Morgan fingerprint density at radius 3 is 2.50 bits per heavy atom. The van der Waals surface area contributed by atoms with Gasteiger partial charge in [0.05, 0.1) is 5.60 Å². The molecule has 0 amide bonds. The van der Waals surface area contributed by atoms with E-state index in [9.17, 15) is 4.79 Å². The molecule has 0 aliphatic rings. The molecule has 0 aliphatic heterocycles. The van der Waals surface area contributed by atoms with Crippen molar-refractivity contribution in [1.29, 1.82) is 0 Å². The zero-order chi connectivity index (χ0) is 11.0. The maximum atomic E-state index is 10.7. The van der Waals surface area contributed by atoms with Crippen molar-refractivity contribution in [3.8, 4) is 0 Å². The molecule has 82 valence electrons. The van der Waals surface area contributed by atoms with Gasteiger partial charge < -0.3 is 9.47 Å². The molecule has 0 rings (SSSR count). The minimum absolute atomic E-state index is 0.110. The van der Waals surface area contributed by atoms with Gasteiger partial charge in [0, 0.05) is 0 Å². The van der Waals surface area contributed by atoms with E-state index in [0.717, 1.165) is 0 Å². The van der Waals surface area contributed by atoms with E-state index in [0.29, 0.717) is 0 Å². The van der Waals surface area contributed by atoms with E-state index in [2.05, 4.69) is 20.9 Å². The van der Waals surface area contributed by atoms with E-state index in [1.807, 2.05) is 20.8 Å². The fourth-order valence-corrected chi connectivity index (χ4v) is 0.442. The summed E-state index contributed by atoms with van der Waals surface area (Å²) in [6.07, 6.45) is 0.621. The van der Waals surface area contributed by atoms with Gasteiger partial charge in [0.15, 0.2) is 0 Å². The summed E-state index contributed by atoms with van der Waals surface area (Å²) in [4.78, 5) is 20.1. The highest BCUT2D eigenvalue weighted by Crippen LogP contribution is 2.06. The maximum Gasteiger partial charge on any atom is 0.510 e. The van der Waals surface area contributed by atoms with Gasteiger partial charge in [-0.2, -0.15) is 4.89 Å². The highest BCUT2D eigenvalue weighted by atomic mass is 17.2. The summed E-state index contributed by atoms with van der Waals surface area (Å²) >= 11 is 0. The first kappa shape index (κ1) is 12.9. The molecule has 0 aliphatic carbocycles. The molecule has 0 spiro atoms. The topological polar surface area (TPSA) is 54.0 Å². The van der Waals surface area contributed by atoms with Crippen molar-refractivity contribution < 1.29 is 24.0 Å². The van der Waals surface area contributed by atoms with Gasteiger partial charge in [-0.1, -0.05) is 12.7 Å². The molecule has 0 bridgehead atoms. The first-order valence-electron chi connectivity index (χ1n) is 4.17. The van der Waals surface area contributed by atoms with Crippen molar-refractivity contribution in [2.75, 3.05) is 13.4 Å². The predicted octanol–water partition coefficient (Wildman–Crippen LogP) is 2.03. The normalized spacial score (nSPS) is 10.8. The Balaban J connectivity index is 3.36. The number of carbonyl (C=O) groups is 1. The van der Waals surface area contributed by atoms with Gasteiger partial charge in [-0.15, -0.1) is 0 Å². The highest BCUT2D eigenvalue weighted by Gasteiger charge is 2.12. The van der Waals surface area contributed by atoms with E-state index in [-0.39, 0.29) is 13.4 Å². The molecule has 0 N–H and O–H groups in total. The van der Waals surface area contributed by atoms with Crippen molar-refractivity contribution in [1.82, 2.24) is 0 Å². The highest BCUT2D eigenvalue weighted by molar-refractivity contribution is 5.59. The first-order chi connectivity index (χ1) is 6.45. The van der Waals surface area contributed by atoms with E-state index in [4.69, 9.17) is 4.89 Å². The maximum absolute atomic E-state index is 10.7. The van der Waals surface area contributed by atoms with Gasteiger partial charge in [0.25, 0.3) is 0 Å². The van der Waals surface area contributed by atoms with Crippen LogP contribution in [0.4, 0.5) is 4.79 Å². The molecule has 0 fully saturated rings. The standard InChI is InChI=1S/C9H16O5/c1-5-6-11-8(10)12-7-13-14-9(2,3)4/h5H,1,6-7H2,2-4H3. The average Bonchev–Trinajstić information content (AvgIpc) is 2.07. The molecule has 0 saturated carbocycles. The number of carbonyl (C=O) groups excluding carboxylic acids is 1. The second-order valence-electron chi connectivity index (χ2n) is 3.43. The lowest BCUT2D eigenvalue weighted by Gasteiger charge is -2.16. The van der Waals surface area contributed by atoms with Crippen LogP contribution in [-0.2, 0) is 19.2 Å².